The highest BCUT2D eigenvalue weighted by molar-refractivity contribution is 6.10. The van der Waals surface area contributed by atoms with Crippen LogP contribution in [0.5, 0.6) is 34.5 Å². The summed E-state index contributed by atoms with van der Waals surface area (Å²) in [6.45, 7) is 0. The Labute approximate surface area is 193 Å². The predicted molar refractivity (Wildman–Crippen MR) is 125 cm³/mol. The third-order valence-corrected chi connectivity index (χ3v) is 4.65. The zero-order chi connectivity index (χ0) is 24.4. The molecule has 0 atom stereocenters. The lowest BCUT2D eigenvalue weighted by atomic mass is 10.1. The van der Waals surface area contributed by atoms with Gasteiger partial charge in [0.25, 0.3) is 0 Å². The zero-order valence-corrected chi connectivity index (χ0v) is 19.6. The van der Waals surface area contributed by atoms with E-state index in [2.05, 4.69) is 0 Å². The first-order chi connectivity index (χ1) is 15.9. The van der Waals surface area contributed by atoms with Crippen LogP contribution in [-0.2, 0) is 9.59 Å². The predicted octanol–water partition coefficient (Wildman–Crippen LogP) is 3.99. The van der Waals surface area contributed by atoms with Crippen molar-refractivity contribution >= 4 is 23.7 Å². The van der Waals surface area contributed by atoms with Gasteiger partial charge in [-0.25, -0.2) is 0 Å². The van der Waals surface area contributed by atoms with Crippen LogP contribution in [0, 0.1) is 0 Å². The summed E-state index contributed by atoms with van der Waals surface area (Å²) < 4.78 is 31.8. The molecule has 8 nitrogen and oxygen atoms in total. The molecule has 0 aromatic heterocycles. The maximum Gasteiger partial charge on any atom is 0.203 e. The van der Waals surface area contributed by atoms with E-state index in [-0.39, 0.29) is 18.0 Å². The highest BCUT2D eigenvalue weighted by atomic mass is 16.5. The van der Waals surface area contributed by atoms with Crippen LogP contribution in [0.1, 0.15) is 17.5 Å². The summed E-state index contributed by atoms with van der Waals surface area (Å²) in [6, 6.07) is 6.82. The highest BCUT2D eigenvalue weighted by Crippen LogP contribution is 2.39. The largest absolute Gasteiger partial charge is 0.493 e. The molecule has 0 N–H and O–H groups in total. The monoisotopic (exact) mass is 456 g/mol. The number of rotatable bonds is 12. The van der Waals surface area contributed by atoms with Crippen molar-refractivity contribution in [3.8, 4) is 34.5 Å². The molecule has 0 spiro atoms. The number of hydrogen-bond acceptors (Lipinski definition) is 8. The lowest BCUT2D eigenvalue weighted by Crippen LogP contribution is -2.02. The second-order valence-electron chi connectivity index (χ2n) is 6.69. The molecule has 0 saturated carbocycles. The van der Waals surface area contributed by atoms with Crippen LogP contribution >= 0.6 is 0 Å². The zero-order valence-electron chi connectivity index (χ0n) is 19.6. The van der Waals surface area contributed by atoms with Crippen LogP contribution < -0.4 is 28.4 Å². The second-order valence-corrected chi connectivity index (χ2v) is 6.69. The molecular weight excluding hydrogens is 428 g/mol. The molecule has 0 aliphatic rings. The lowest BCUT2D eigenvalue weighted by Gasteiger charge is -2.12. The Bertz CT molecular complexity index is 919. The van der Waals surface area contributed by atoms with Crippen LogP contribution in [0.25, 0.3) is 12.2 Å². The SMILES string of the molecule is COc1cc(C=CC(=O)CC(=O)C=Cc2cc(OC)c(OC)c(OC)c2)cc(OC)c1OC. The van der Waals surface area contributed by atoms with Gasteiger partial charge in [0, 0.05) is 0 Å². The van der Waals surface area contributed by atoms with Crippen molar-refractivity contribution in [2.75, 3.05) is 42.7 Å². The summed E-state index contributed by atoms with van der Waals surface area (Å²) in [4.78, 5) is 24.5. The molecule has 0 heterocycles. The smallest absolute Gasteiger partial charge is 0.203 e. The second kappa shape index (κ2) is 12.2. The Hall–Kier alpha value is -3.94. The standard InChI is InChI=1S/C25H28O8/c1-28-20-11-16(12-21(29-2)24(20)32-5)7-9-18(26)15-19(27)10-8-17-13-22(30-3)25(33-6)23(14-17)31-4/h7-14H,15H2,1-6H3. The number of ether oxygens (including phenoxy) is 6. The topological polar surface area (TPSA) is 89.5 Å². The van der Waals surface area contributed by atoms with Crippen molar-refractivity contribution in [2.45, 2.75) is 6.42 Å². The van der Waals surface area contributed by atoms with E-state index in [9.17, 15) is 9.59 Å². The van der Waals surface area contributed by atoms with Crippen LogP contribution in [-0.4, -0.2) is 54.2 Å². The minimum Gasteiger partial charge on any atom is -0.493 e. The van der Waals surface area contributed by atoms with Gasteiger partial charge < -0.3 is 28.4 Å². The molecule has 0 aliphatic heterocycles. The quantitative estimate of drug-likeness (QED) is 0.350. The van der Waals surface area contributed by atoms with Crippen LogP contribution in [0.2, 0.25) is 0 Å². The normalized spacial score (nSPS) is 10.8. The Morgan fingerprint density at radius 3 is 1.12 bits per heavy atom. The molecule has 0 unspecified atom stereocenters. The molecule has 0 aliphatic carbocycles. The molecular formula is C25H28O8. The molecule has 8 heteroatoms. The number of benzene rings is 2. The molecule has 33 heavy (non-hydrogen) atoms. The van der Waals surface area contributed by atoms with Crippen molar-refractivity contribution in [2.24, 2.45) is 0 Å². The number of hydrogen-bond donors (Lipinski definition) is 0. The van der Waals surface area contributed by atoms with E-state index in [0.29, 0.717) is 45.6 Å². The molecule has 0 saturated heterocycles. The highest BCUT2D eigenvalue weighted by Gasteiger charge is 2.14. The van der Waals surface area contributed by atoms with E-state index < -0.39 is 0 Å². The Kier molecular flexibility index (Phi) is 9.35. The van der Waals surface area contributed by atoms with Crippen LogP contribution in [0.3, 0.4) is 0 Å². The van der Waals surface area contributed by atoms with Gasteiger partial charge in [-0.05, 0) is 47.5 Å². The molecule has 2 aromatic rings. The molecule has 2 rings (SSSR count). The first-order valence-electron chi connectivity index (χ1n) is 9.92. The maximum absolute atomic E-state index is 12.3. The maximum atomic E-state index is 12.3. The van der Waals surface area contributed by atoms with E-state index in [1.165, 1.54) is 54.8 Å². The average Bonchev–Trinajstić information content (AvgIpc) is 2.84. The first-order valence-corrected chi connectivity index (χ1v) is 9.92. The van der Waals surface area contributed by atoms with Gasteiger partial charge >= 0.3 is 0 Å². The minimum absolute atomic E-state index is 0.276. The van der Waals surface area contributed by atoms with E-state index in [1.54, 1.807) is 36.4 Å². The summed E-state index contributed by atoms with van der Waals surface area (Å²) in [7, 11) is 9.06. The third-order valence-electron chi connectivity index (χ3n) is 4.65. The number of methoxy groups -OCH3 is 6. The van der Waals surface area contributed by atoms with E-state index in [4.69, 9.17) is 28.4 Å². The average molecular weight is 456 g/mol. The number of ketones is 2. The van der Waals surface area contributed by atoms with Crippen molar-refractivity contribution in [3.63, 3.8) is 0 Å². The van der Waals surface area contributed by atoms with Gasteiger partial charge in [-0.1, -0.05) is 12.2 Å². The Morgan fingerprint density at radius 2 is 0.879 bits per heavy atom. The molecule has 176 valence electrons. The molecule has 0 amide bonds. The van der Waals surface area contributed by atoms with Crippen molar-refractivity contribution in [3.05, 3.63) is 47.5 Å². The van der Waals surface area contributed by atoms with E-state index in [0.717, 1.165) is 0 Å². The fraction of sp³-hybridized carbons (Fsp3) is 0.280. The third kappa shape index (κ3) is 6.52. The summed E-state index contributed by atoms with van der Waals surface area (Å²) >= 11 is 0. The van der Waals surface area contributed by atoms with Gasteiger partial charge in [-0.15, -0.1) is 0 Å². The lowest BCUT2D eigenvalue weighted by molar-refractivity contribution is -0.121. The molecule has 0 radical (unpaired) electrons. The molecule has 0 bridgehead atoms. The fourth-order valence-electron chi connectivity index (χ4n) is 3.06. The van der Waals surface area contributed by atoms with Gasteiger partial charge in [-0.3, -0.25) is 9.59 Å². The first kappa shape index (κ1) is 25.3. The summed E-state index contributed by atoms with van der Waals surface area (Å²) in [5.74, 6) is 2.08. The van der Waals surface area contributed by atoms with Crippen molar-refractivity contribution < 1.29 is 38.0 Å². The summed E-state index contributed by atoms with van der Waals surface area (Å²) in [5, 5.41) is 0. The van der Waals surface area contributed by atoms with Crippen LogP contribution in [0.4, 0.5) is 0 Å². The Morgan fingerprint density at radius 1 is 0.576 bits per heavy atom. The van der Waals surface area contributed by atoms with Gasteiger partial charge in [0.05, 0.1) is 49.1 Å². The summed E-state index contributed by atoms with van der Waals surface area (Å²) in [6.07, 6.45) is 5.58. The number of carbonyl (C=O) groups is 2. The fourth-order valence-corrected chi connectivity index (χ4v) is 3.06. The minimum atomic E-state index is -0.344. The Balaban J connectivity index is 2.10. The number of carbonyl (C=O) groups excluding carboxylic acids is 2. The van der Waals surface area contributed by atoms with Gasteiger partial charge in [0.2, 0.25) is 11.5 Å². The summed E-state index contributed by atoms with van der Waals surface area (Å²) in [5.41, 5.74) is 1.33. The molecule has 0 fully saturated rings. The van der Waals surface area contributed by atoms with Gasteiger partial charge in [0.1, 0.15) is 0 Å². The van der Waals surface area contributed by atoms with Gasteiger partial charge in [0.15, 0.2) is 34.6 Å². The van der Waals surface area contributed by atoms with E-state index >= 15 is 0 Å². The number of allylic oxidation sites excluding steroid dienone is 2. The van der Waals surface area contributed by atoms with Crippen molar-refractivity contribution in [1.82, 2.24) is 0 Å². The van der Waals surface area contributed by atoms with Crippen LogP contribution in [0.15, 0.2) is 36.4 Å². The van der Waals surface area contributed by atoms with E-state index in [1.807, 2.05) is 0 Å². The van der Waals surface area contributed by atoms with Gasteiger partial charge in [-0.2, -0.15) is 0 Å². The van der Waals surface area contributed by atoms with Crippen molar-refractivity contribution in [1.29, 1.82) is 0 Å². The molecule has 2 aromatic carbocycles.